The molecule has 0 aromatic heterocycles. The smallest absolute Gasteiger partial charge is 0.314 e. The molecular weight excluding hydrogens is 1080 g/mol. The standard InChI is InChI=1S/C50H64Cl4N6O12S2/c1-33-27-37(5-9-45(33)71-47-11-7-39-41(47)29-35(51)31-43(39)53)73(63,64)59-17-21-69-25-23-67-19-15-57-49(61)55-13-3-4-14-56-50(62)58-16-20-68-24-26-70-22-18-60-74(65,66)38-6-10-46(34(2)28-38)72-48-12-8-40-42(48)30-36(52)32-44(40)54/h5-6,9-10,27-32,47-48,59-60H,3-4,7-8,11-26H2,1-2H3,(H2,55,57,61)(H2,56,58,62)/t47-,48-/m1/s1. The Hall–Kier alpha value is -4.16. The molecule has 74 heavy (non-hydrogen) atoms. The minimum absolute atomic E-state index is 0.0713. The number of carbonyl (C=O) groups excluding carboxylic acids is 2. The molecule has 24 heteroatoms. The second-order valence-electron chi connectivity index (χ2n) is 17.4. The number of ether oxygens (including phenoxy) is 6. The van der Waals surface area contributed by atoms with Gasteiger partial charge in [-0.3, -0.25) is 0 Å². The maximum Gasteiger partial charge on any atom is 0.314 e. The van der Waals surface area contributed by atoms with Crippen LogP contribution in [0.25, 0.3) is 0 Å². The first-order valence-corrected chi connectivity index (χ1v) is 28.8. The van der Waals surface area contributed by atoms with Gasteiger partial charge in [-0.15, -0.1) is 0 Å². The monoisotopic (exact) mass is 1140 g/mol. The lowest BCUT2D eigenvalue weighted by molar-refractivity contribution is 0.0516. The number of halogens is 4. The van der Waals surface area contributed by atoms with E-state index in [4.69, 9.17) is 74.8 Å². The lowest BCUT2D eigenvalue weighted by Gasteiger charge is -2.18. The van der Waals surface area contributed by atoms with Crippen molar-refractivity contribution in [2.75, 3.05) is 92.1 Å². The number of rotatable bonds is 31. The Balaban J connectivity index is 0.686. The van der Waals surface area contributed by atoms with Crippen LogP contribution in [0.3, 0.4) is 0 Å². The Labute approximate surface area is 453 Å². The van der Waals surface area contributed by atoms with Crippen LogP contribution in [0.2, 0.25) is 20.1 Å². The summed E-state index contributed by atoms with van der Waals surface area (Å²) >= 11 is 25.1. The second kappa shape index (κ2) is 29.4. The molecule has 0 saturated heterocycles. The van der Waals surface area contributed by atoms with E-state index in [0.29, 0.717) is 68.6 Å². The summed E-state index contributed by atoms with van der Waals surface area (Å²) in [6.07, 6.45) is 3.89. The average molecular weight is 1150 g/mol. The van der Waals surface area contributed by atoms with Gasteiger partial charge in [-0.2, -0.15) is 0 Å². The van der Waals surface area contributed by atoms with E-state index in [1.54, 1.807) is 50.2 Å². The molecule has 0 unspecified atom stereocenters. The summed E-state index contributed by atoms with van der Waals surface area (Å²) in [5.41, 5.74) is 5.29. The third-order valence-corrected chi connectivity index (χ3v) is 15.9. The molecule has 0 saturated carbocycles. The number of hydrogen-bond donors (Lipinski definition) is 6. The van der Waals surface area contributed by atoms with Gasteiger partial charge in [0.15, 0.2) is 0 Å². The summed E-state index contributed by atoms with van der Waals surface area (Å²) < 4.78 is 91.1. The molecule has 406 valence electrons. The molecule has 0 radical (unpaired) electrons. The lowest BCUT2D eigenvalue weighted by atomic mass is 10.1. The number of hydrogen-bond acceptors (Lipinski definition) is 12. The van der Waals surface area contributed by atoms with E-state index in [-0.39, 0.29) is 113 Å². The lowest BCUT2D eigenvalue weighted by Crippen LogP contribution is -2.39. The van der Waals surface area contributed by atoms with E-state index in [0.717, 1.165) is 47.9 Å². The third kappa shape index (κ3) is 18.3. The number of nitrogens with one attached hydrogen (secondary N) is 6. The summed E-state index contributed by atoms with van der Waals surface area (Å²) in [6, 6.07) is 16.0. The van der Waals surface area contributed by atoms with Crippen molar-refractivity contribution in [3.63, 3.8) is 0 Å². The highest BCUT2D eigenvalue weighted by Gasteiger charge is 2.29. The van der Waals surface area contributed by atoms with Crippen molar-refractivity contribution in [3.8, 4) is 11.5 Å². The molecule has 4 aromatic carbocycles. The quantitative estimate of drug-likeness (QED) is 0.0266. The topological polar surface area (TPSA) is 230 Å². The Morgan fingerprint density at radius 3 is 1.24 bits per heavy atom. The molecule has 4 aromatic rings. The summed E-state index contributed by atoms with van der Waals surface area (Å²) in [5.74, 6) is 1.16. The summed E-state index contributed by atoms with van der Waals surface area (Å²) in [5, 5.41) is 13.2. The van der Waals surface area contributed by atoms with Gasteiger partial charge < -0.3 is 49.7 Å². The van der Waals surface area contributed by atoms with Gasteiger partial charge in [0.25, 0.3) is 0 Å². The zero-order chi connectivity index (χ0) is 53.1. The highest BCUT2D eigenvalue weighted by Crippen LogP contribution is 2.42. The first-order valence-electron chi connectivity index (χ1n) is 24.3. The highest BCUT2D eigenvalue weighted by atomic mass is 35.5. The summed E-state index contributed by atoms with van der Waals surface area (Å²) in [6.45, 7) is 6.98. The van der Waals surface area contributed by atoms with Crippen LogP contribution in [0, 0.1) is 13.8 Å². The maximum atomic E-state index is 12.9. The van der Waals surface area contributed by atoms with E-state index in [1.807, 2.05) is 12.1 Å². The Kier molecular flexibility index (Phi) is 23.5. The van der Waals surface area contributed by atoms with Gasteiger partial charge in [0.1, 0.15) is 23.7 Å². The third-order valence-electron chi connectivity index (χ3n) is 11.9. The fraction of sp³-hybridized carbons (Fsp3) is 0.480. The number of benzene rings is 4. The van der Waals surface area contributed by atoms with Crippen LogP contribution >= 0.6 is 46.4 Å². The zero-order valence-electron chi connectivity index (χ0n) is 41.3. The zero-order valence-corrected chi connectivity index (χ0v) is 46.0. The predicted molar refractivity (Wildman–Crippen MR) is 284 cm³/mol. The van der Waals surface area contributed by atoms with Gasteiger partial charge >= 0.3 is 12.1 Å². The molecule has 0 aliphatic heterocycles. The van der Waals surface area contributed by atoms with Crippen LogP contribution in [0.1, 0.15) is 71.3 Å². The molecule has 6 rings (SSSR count). The van der Waals surface area contributed by atoms with Gasteiger partial charge in [-0.25, -0.2) is 35.9 Å². The van der Waals surface area contributed by atoms with E-state index < -0.39 is 20.0 Å². The number of sulfonamides is 2. The van der Waals surface area contributed by atoms with Crippen molar-refractivity contribution in [2.24, 2.45) is 0 Å². The van der Waals surface area contributed by atoms with E-state index >= 15 is 0 Å². The molecule has 0 spiro atoms. The Bertz CT molecular complexity index is 2580. The van der Waals surface area contributed by atoms with Crippen molar-refractivity contribution < 1.29 is 54.8 Å². The van der Waals surface area contributed by atoms with Gasteiger partial charge in [-0.05, 0) is 146 Å². The predicted octanol–water partition coefficient (Wildman–Crippen LogP) is 7.75. The number of unbranched alkanes of at least 4 members (excludes halogenated alkanes) is 1. The fourth-order valence-electron chi connectivity index (χ4n) is 8.16. The molecule has 6 N–H and O–H groups in total. The van der Waals surface area contributed by atoms with Crippen molar-refractivity contribution >= 4 is 78.5 Å². The van der Waals surface area contributed by atoms with Crippen LogP contribution < -0.4 is 40.2 Å². The Morgan fingerprint density at radius 1 is 0.500 bits per heavy atom. The Morgan fingerprint density at radius 2 is 0.865 bits per heavy atom. The van der Waals surface area contributed by atoms with Crippen molar-refractivity contribution in [1.82, 2.24) is 30.7 Å². The molecule has 4 amide bonds. The summed E-state index contributed by atoms with van der Waals surface area (Å²) in [4.78, 5) is 24.4. The second-order valence-corrected chi connectivity index (χ2v) is 22.6. The maximum absolute atomic E-state index is 12.9. The first kappa shape index (κ1) is 59.1. The molecule has 2 aliphatic rings. The van der Waals surface area contributed by atoms with Crippen LogP contribution in [0.5, 0.6) is 11.5 Å². The number of amides is 4. The minimum Gasteiger partial charge on any atom is -0.485 e. The van der Waals surface area contributed by atoms with Crippen LogP contribution in [0.4, 0.5) is 9.59 Å². The number of aryl methyl sites for hydroxylation is 2. The normalized spacial score (nSPS) is 15.1. The van der Waals surface area contributed by atoms with E-state index in [1.165, 1.54) is 12.1 Å². The minimum atomic E-state index is -3.78. The SMILES string of the molecule is Cc1cc(S(=O)(=O)NCCOCCOCCNC(=O)NCCCCNC(=O)NCCOCCOCCNS(=O)(=O)c2ccc(O[C@@H]3CCc4c(Cl)cc(Cl)cc43)c(C)c2)ccc1O[C@@H]1CCc2c(Cl)cc(Cl)cc21. The highest BCUT2D eigenvalue weighted by molar-refractivity contribution is 7.89. The molecule has 2 aliphatic carbocycles. The number of urea groups is 2. The van der Waals surface area contributed by atoms with Crippen molar-refractivity contribution in [3.05, 3.63) is 114 Å². The van der Waals surface area contributed by atoms with E-state index in [2.05, 4.69) is 30.7 Å². The largest absolute Gasteiger partial charge is 0.485 e. The van der Waals surface area contributed by atoms with Gasteiger partial charge in [-0.1, -0.05) is 46.4 Å². The number of carbonyl (C=O) groups is 2. The van der Waals surface area contributed by atoms with Crippen LogP contribution in [-0.2, 0) is 51.8 Å². The molecule has 0 bridgehead atoms. The van der Waals surface area contributed by atoms with E-state index in [9.17, 15) is 26.4 Å². The summed E-state index contributed by atoms with van der Waals surface area (Å²) in [7, 11) is -7.55. The van der Waals surface area contributed by atoms with Gasteiger partial charge in [0.2, 0.25) is 20.0 Å². The number of fused-ring (bicyclic) bond motifs is 2. The van der Waals surface area contributed by atoms with Crippen molar-refractivity contribution in [1.29, 1.82) is 0 Å². The average Bonchev–Trinajstić information content (AvgIpc) is 3.96. The molecule has 18 nitrogen and oxygen atoms in total. The molecule has 0 heterocycles. The first-order chi connectivity index (χ1) is 35.5. The molecular formula is C50H64Cl4N6O12S2. The van der Waals surface area contributed by atoms with Crippen molar-refractivity contribution in [2.45, 2.75) is 74.4 Å². The molecule has 0 fully saturated rings. The van der Waals surface area contributed by atoms with Crippen LogP contribution in [0.15, 0.2) is 70.5 Å². The van der Waals surface area contributed by atoms with Gasteiger partial charge in [0.05, 0.1) is 62.6 Å². The van der Waals surface area contributed by atoms with Gasteiger partial charge in [0, 0.05) is 59.4 Å². The van der Waals surface area contributed by atoms with Crippen LogP contribution in [-0.4, -0.2) is 121 Å². The molecule has 2 atom stereocenters. The fourth-order valence-corrected chi connectivity index (χ4v) is 11.6.